The van der Waals surface area contributed by atoms with Crippen LogP contribution in [-0.2, 0) is 19.1 Å². The number of rotatable bonds is 14. The summed E-state index contributed by atoms with van der Waals surface area (Å²) >= 11 is 0. The summed E-state index contributed by atoms with van der Waals surface area (Å²) in [7, 11) is 0. The first-order valence-corrected chi connectivity index (χ1v) is 7.65. The number of ether oxygens (including phenoxy) is 1. The lowest BCUT2D eigenvalue weighted by Crippen LogP contribution is -2.45. The van der Waals surface area contributed by atoms with E-state index in [1.165, 1.54) is 6.42 Å². The Balaban J connectivity index is 4.31. The molecule has 0 aliphatic rings. The monoisotopic (exact) mass is 318 g/mol. The van der Waals surface area contributed by atoms with Gasteiger partial charge in [-0.3, -0.25) is 9.59 Å². The topological polar surface area (TPSA) is 121 Å². The molecular weight excluding hydrogens is 292 g/mol. The molecule has 128 valence electrons. The molecule has 0 radical (unpaired) electrons. The molecule has 22 heavy (non-hydrogen) atoms. The Morgan fingerprint density at radius 1 is 0.818 bits per heavy atom. The highest BCUT2D eigenvalue weighted by Gasteiger charge is 2.44. The van der Waals surface area contributed by atoms with E-state index in [0.717, 1.165) is 32.1 Å². The molecule has 7 nitrogen and oxygen atoms in total. The van der Waals surface area contributed by atoms with Gasteiger partial charge in [-0.1, -0.05) is 45.4 Å². The fraction of sp³-hybridized carbons (Fsp3) is 0.800. The van der Waals surface area contributed by atoms with Crippen molar-refractivity contribution in [3.8, 4) is 0 Å². The molecule has 0 aromatic carbocycles. The van der Waals surface area contributed by atoms with E-state index >= 15 is 0 Å². The van der Waals surface area contributed by atoms with Crippen LogP contribution in [0.4, 0.5) is 0 Å². The standard InChI is InChI=1S/C15H26O7/c1-2-3-4-5-6-7-8-9-22-15(14(20)21,10-12(16)17)11-13(18)19/h2-11H2,1H3,(H,16,17)(H,18,19)(H,20,21). The van der Waals surface area contributed by atoms with Gasteiger partial charge in [0.15, 0.2) is 5.60 Å². The molecule has 0 amide bonds. The summed E-state index contributed by atoms with van der Waals surface area (Å²) in [4.78, 5) is 32.9. The largest absolute Gasteiger partial charge is 0.481 e. The van der Waals surface area contributed by atoms with Crippen LogP contribution in [0, 0.1) is 0 Å². The zero-order chi connectivity index (χ0) is 17.0. The Hall–Kier alpha value is -1.63. The minimum atomic E-state index is -2.19. The van der Waals surface area contributed by atoms with Crippen molar-refractivity contribution in [1.29, 1.82) is 0 Å². The maximum atomic E-state index is 11.3. The molecule has 0 aliphatic heterocycles. The van der Waals surface area contributed by atoms with Gasteiger partial charge in [-0.05, 0) is 6.42 Å². The average Bonchev–Trinajstić information content (AvgIpc) is 2.40. The smallest absolute Gasteiger partial charge is 0.337 e. The van der Waals surface area contributed by atoms with Gasteiger partial charge in [0, 0.05) is 6.61 Å². The van der Waals surface area contributed by atoms with Crippen LogP contribution < -0.4 is 0 Å². The Morgan fingerprint density at radius 2 is 1.27 bits per heavy atom. The summed E-state index contributed by atoms with van der Waals surface area (Å²) in [6, 6.07) is 0. The van der Waals surface area contributed by atoms with Crippen molar-refractivity contribution in [3.63, 3.8) is 0 Å². The summed E-state index contributed by atoms with van der Waals surface area (Å²) < 4.78 is 5.18. The number of aliphatic carboxylic acids is 3. The van der Waals surface area contributed by atoms with Crippen LogP contribution in [0.25, 0.3) is 0 Å². The van der Waals surface area contributed by atoms with E-state index in [4.69, 9.17) is 20.1 Å². The maximum absolute atomic E-state index is 11.3. The molecule has 0 unspecified atom stereocenters. The van der Waals surface area contributed by atoms with E-state index in [0.29, 0.717) is 6.42 Å². The number of unbranched alkanes of at least 4 members (excludes halogenated alkanes) is 6. The second-order valence-electron chi connectivity index (χ2n) is 5.41. The zero-order valence-corrected chi connectivity index (χ0v) is 13.0. The predicted octanol–water partition coefficient (Wildman–Crippen LogP) is 2.53. The quantitative estimate of drug-likeness (QED) is 0.421. The van der Waals surface area contributed by atoms with Gasteiger partial charge in [0.2, 0.25) is 0 Å². The van der Waals surface area contributed by atoms with E-state index in [-0.39, 0.29) is 6.61 Å². The third-order valence-electron chi connectivity index (χ3n) is 3.39. The van der Waals surface area contributed by atoms with E-state index < -0.39 is 36.4 Å². The predicted molar refractivity (Wildman–Crippen MR) is 78.8 cm³/mol. The first-order chi connectivity index (χ1) is 10.3. The van der Waals surface area contributed by atoms with Gasteiger partial charge < -0.3 is 20.1 Å². The van der Waals surface area contributed by atoms with Gasteiger partial charge in [-0.25, -0.2) is 4.79 Å². The van der Waals surface area contributed by atoms with E-state index in [9.17, 15) is 14.4 Å². The molecule has 0 saturated heterocycles. The molecule has 0 atom stereocenters. The van der Waals surface area contributed by atoms with Gasteiger partial charge in [0.1, 0.15) is 0 Å². The fourth-order valence-electron chi connectivity index (χ4n) is 2.19. The average molecular weight is 318 g/mol. The summed E-state index contributed by atoms with van der Waals surface area (Å²) in [5.41, 5.74) is -2.19. The summed E-state index contributed by atoms with van der Waals surface area (Å²) in [5.74, 6) is -4.35. The van der Waals surface area contributed by atoms with Gasteiger partial charge in [-0.2, -0.15) is 0 Å². The van der Waals surface area contributed by atoms with Gasteiger partial charge in [0.25, 0.3) is 0 Å². The Kier molecular flexibility index (Phi) is 10.2. The second-order valence-corrected chi connectivity index (χ2v) is 5.41. The van der Waals surface area contributed by atoms with Gasteiger partial charge in [-0.15, -0.1) is 0 Å². The number of carboxylic acid groups (broad SMARTS) is 3. The summed E-state index contributed by atoms with van der Waals surface area (Å²) in [6.45, 7) is 2.17. The molecular formula is C15H26O7. The Morgan fingerprint density at radius 3 is 1.68 bits per heavy atom. The zero-order valence-electron chi connectivity index (χ0n) is 13.0. The van der Waals surface area contributed by atoms with Crippen LogP contribution in [0.15, 0.2) is 0 Å². The molecule has 0 aromatic rings. The van der Waals surface area contributed by atoms with Crippen LogP contribution in [0.5, 0.6) is 0 Å². The van der Waals surface area contributed by atoms with Crippen molar-refractivity contribution in [2.75, 3.05) is 6.61 Å². The third kappa shape index (κ3) is 8.61. The molecule has 0 rings (SSSR count). The van der Waals surface area contributed by atoms with Gasteiger partial charge in [0.05, 0.1) is 12.8 Å². The fourth-order valence-corrected chi connectivity index (χ4v) is 2.19. The van der Waals surface area contributed by atoms with Crippen LogP contribution in [0.2, 0.25) is 0 Å². The highest BCUT2D eigenvalue weighted by molar-refractivity contribution is 5.88. The molecule has 0 fully saturated rings. The van der Waals surface area contributed by atoms with Crippen LogP contribution in [0.1, 0.15) is 64.7 Å². The third-order valence-corrected chi connectivity index (χ3v) is 3.39. The number of hydrogen-bond donors (Lipinski definition) is 3. The second kappa shape index (κ2) is 11.0. The number of carbonyl (C=O) groups is 3. The van der Waals surface area contributed by atoms with Crippen molar-refractivity contribution < 1.29 is 34.4 Å². The van der Waals surface area contributed by atoms with Crippen LogP contribution in [0.3, 0.4) is 0 Å². The first-order valence-electron chi connectivity index (χ1n) is 7.65. The molecule has 7 heteroatoms. The Bertz CT molecular complexity index is 349. The molecule has 0 spiro atoms. The maximum Gasteiger partial charge on any atom is 0.337 e. The normalized spacial score (nSPS) is 11.3. The molecule has 0 bridgehead atoms. The SMILES string of the molecule is CCCCCCCCCOC(CC(=O)O)(CC(=O)O)C(=O)O. The lowest BCUT2D eigenvalue weighted by Gasteiger charge is -2.26. The van der Waals surface area contributed by atoms with Crippen molar-refractivity contribution >= 4 is 17.9 Å². The lowest BCUT2D eigenvalue weighted by molar-refractivity contribution is -0.178. The molecule has 0 aliphatic carbocycles. The minimum Gasteiger partial charge on any atom is -0.481 e. The van der Waals surface area contributed by atoms with Gasteiger partial charge >= 0.3 is 17.9 Å². The van der Waals surface area contributed by atoms with E-state index in [1.54, 1.807) is 0 Å². The highest BCUT2D eigenvalue weighted by Crippen LogP contribution is 2.23. The van der Waals surface area contributed by atoms with Crippen molar-refractivity contribution in [2.24, 2.45) is 0 Å². The van der Waals surface area contributed by atoms with Crippen molar-refractivity contribution in [1.82, 2.24) is 0 Å². The van der Waals surface area contributed by atoms with E-state index in [1.807, 2.05) is 0 Å². The van der Waals surface area contributed by atoms with E-state index in [2.05, 4.69) is 6.92 Å². The molecule has 0 heterocycles. The van der Waals surface area contributed by atoms with Crippen LogP contribution in [-0.4, -0.2) is 45.4 Å². The van der Waals surface area contributed by atoms with Crippen LogP contribution >= 0.6 is 0 Å². The highest BCUT2D eigenvalue weighted by atomic mass is 16.5. The molecule has 0 aromatic heterocycles. The molecule has 0 saturated carbocycles. The molecule has 3 N–H and O–H groups in total. The van der Waals surface area contributed by atoms with Crippen molar-refractivity contribution in [3.05, 3.63) is 0 Å². The number of hydrogen-bond acceptors (Lipinski definition) is 4. The lowest BCUT2D eigenvalue weighted by atomic mass is 9.95. The summed E-state index contributed by atoms with van der Waals surface area (Å²) in [6.07, 6.45) is 5.30. The number of carboxylic acids is 3. The first kappa shape index (κ1) is 20.4. The Labute approximate surface area is 130 Å². The van der Waals surface area contributed by atoms with Crippen molar-refractivity contribution in [2.45, 2.75) is 70.3 Å². The summed E-state index contributed by atoms with van der Waals surface area (Å²) in [5, 5.41) is 26.8. The minimum absolute atomic E-state index is 0.0423.